The molecule has 1 heterocycles. The fourth-order valence-corrected chi connectivity index (χ4v) is 6.50. The largest absolute Gasteiger partial charge is 0.490 e. The van der Waals surface area contributed by atoms with Crippen LogP contribution in [0.3, 0.4) is 0 Å². The summed E-state index contributed by atoms with van der Waals surface area (Å²) < 4.78 is 12.8. The van der Waals surface area contributed by atoms with Crippen molar-refractivity contribution in [3.8, 4) is 5.75 Å². The Bertz CT molecular complexity index is 1350. The Morgan fingerprint density at radius 1 is 1.02 bits per heavy atom. The van der Waals surface area contributed by atoms with Gasteiger partial charge in [-0.15, -0.1) is 0 Å². The normalized spacial score (nSPS) is 22.2. The van der Waals surface area contributed by atoms with E-state index in [1.54, 1.807) is 35.2 Å². The Morgan fingerprint density at radius 3 is 2.42 bits per heavy atom. The Balaban J connectivity index is 1.55. The summed E-state index contributed by atoms with van der Waals surface area (Å²) in [6.07, 6.45) is 7.52. The highest BCUT2D eigenvalue weighted by Gasteiger charge is 2.30. The van der Waals surface area contributed by atoms with Gasteiger partial charge in [-0.25, -0.2) is 9.59 Å². The Hall–Kier alpha value is -3.67. The average Bonchev–Trinajstić information content (AvgIpc) is 3.06. The summed E-state index contributed by atoms with van der Waals surface area (Å²) in [5.74, 6) is -0.880. The first-order chi connectivity index (χ1) is 23.0. The summed E-state index contributed by atoms with van der Waals surface area (Å²) in [7, 11) is 2.00. The molecule has 3 amide bonds. The molecule has 2 aliphatic rings. The van der Waals surface area contributed by atoms with Gasteiger partial charge < -0.3 is 35.2 Å². The zero-order chi connectivity index (χ0) is 34.6. The van der Waals surface area contributed by atoms with E-state index in [4.69, 9.17) is 9.47 Å². The molecule has 0 bridgehead atoms. The smallest absolute Gasteiger partial charge is 0.335 e. The summed E-state index contributed by atoms with van der Waals surface area (Å²) in [6, 6.07) is 11.4. The number of carboxylic acid groups (broad SMARTS) is 1. The second-order valence-corrected chi connectivity index (χ2v) is 13.6. The minimum absolute atomic E-state index is 0.0893. The van der Waals surface area contributed by atoms with Gasteiger partial charge in [-0.3, -0.25) is 9.69 Å². The van der Waals surface area contributed by atoms with Gasteiger partial charge in [0.05, 0.1) is 36.0 Å². The summed E-state index contributed by atoms with van der Waals surface area (Å²) in [6.45, 7) is 7.75. The maximum Gasteiger partial charge on any atom is 0.335 e. The molecular weight excluding hydrogens is 612 g/mol. The zero-order valence-corrected chi connectivity index (χ0v) is 29.0. The van der Waals surface area contributed by atoms with Gasteiger partial charge in [-0.1, -0.05) is 38.3 Å². The second kappa shape index (κ2) is 18.2. The molecule has 0 radical (unpaired) electrons. The number of urea groups is 1. The van der Waals surface area contributed by atoms with Crippen LogP contribution in [0.4, 0.5) is 10.5 Å². The molecule has 0 aromatic heterocycles. The third kappa shape index (κ3) is 10.9. The fraction of sp³-hybridized carbons (Fsp3) is 0.595. The molecule has 2 aromatic carbocycles. The van der Waals surface area contributed by atoms with Crippen molar-refractivity contribution >= 4 is 23.6 Å². The van der Waals surface area contributed by atoms with Crippen molar-refractivity contribution in [1.82, 2.24) is 15.1 Å². The summed E-state index contributed by atoms with van der Waals surface area (Å²) in [4.78, 5) is 42.3. The number of rotatable bonds is 9. The topological polar surface area (TPSA) is 141 Å². The van der Waals surface area contributed by atoms with Gasteiger partial charge >= 0.3 is 12.0 Å². The number of fused-ring (bicyclic) bond motifs is 1. The van der Waals surface area contributed by atoms with Gasteiger partial charge in [0, 0.05) is 43.9 Å². The standard InChI is InChI=1S/C37H54N4O7/c1-25-21-41(26(2)24-42)35(43)32-20-31(39-37(46)38-30-11-6-5-7-12-30)17-18-33(32)48-27(3)10-8-9-19-47-34(25)23-40(4)22-28-13-15-29(16-14-28)36(44)45/h13-18,20,25-27,30,34,42H,5-12,19,21-24H2,1-4H3,(H,44,45)(H2,38,39,46)/t25-,26+,27-,34-/m1/s1. The first-order valence-corrected chi connectivity index (χ1v) is 17.5. The van der Waals surface area contributed by atoms with E-state index >= 15 is 0 Å². The van der Waals surface area contributed by atoms with Crippen molar-refractivity contribution in [3.63, 3.8) is 0 Å². The van der Waals surface area contributed by atoms with Crippen molar-refractivity contribution in [2.75, 3.05) is 38.7 Å². The molecule has 1 fully saturated rings. The van der Waals surface area contributed by atoms with Crippen LogP contribution in [0.5, 0.6) is 5.75 Å². The van der Waals surface area contributed by atoms with Crippen LogP contribution >= 0.6 is 0 Å². The van der Waals surface area contributed by atoms with Crippen LogP contribution in [0.25, 0.3) is 0 Å². The van der Waals surface area contributed by atoms with Crippen LogP contribution in [0.15, 0.2) is 42.5 Å². The predicted molar refractivity (Wildman–Crippen MR) is 186 cm³/mol. The number of likely N-dealkylation sites (N-methyl/N-ethyl adjacent to an activating group) is 1. The molecule has 0 saturated heterocycles. The van der Waals surface area contributed by atoms with E-state index in [2.05, 4.69) is 22.5 Å². The van der Waals surface area contributed by atoms with Crippen molar-refractivity contribution in [2.45, 2.75) is 103 Å². The number of carbonyl (C=O) groups excluding carboxylic acids is 2. The lowest BCUT2D eigenvalue weighted by Crippen LogP contribution is -2.47. The highest BCUT2D eigenvalue weighted by molar-refractivity contribution is 5.99. The summed E-state index contributed by atoms with van der Waals surface area (Å²) >= 11 is 0. The van der Waals surface area contributed by atoms with Crippen molar-refractivity contribution < 1.29 is 34.1 Å². The van der Waals surface area contributed by atoms with Gasteiger partial charge in [-0.2, -0.15) is 0 Å². The van der Waals surface area contributed by atoms with E-state index in [1.807, 2.05) is 33.0 Å². The van der Waals surface area contributed by atoms with Gasteiger partial charge in [0.2, 0.25) is 0 Å². The van der Waals surface area contributed by atoms with Crippen LogP contribution in [-0.4, -0.2) is 95.6 Å². The lowest BCUT2D eigenvalue weighted by atomic mass is 9.96. The quantitative estimate of drug-likeness (QED) is 0.265. The number of carboxylic acids is 1. The number of anilines is 1. The van der Waals surface area contributed by atoms with Gasteiger partial charge in [-0.05, 0) is 88.9 Å². The summed E-state index contributed by atoms with van der Waals surface area (Å²) in [5, 5.41) is 25.5. The third-order valence-corrected chi connectivity index (χ3v) is 9.39. The Morgan fingerprint density at radius 2 is 1.73 bits per heavy atom. The molecule has 0 unspecified atom stereocenters. The number of aliphatic hydroxyl groups is 1. The van der Waals surface area contributed by atoms with E-state index in [0.29, 0.717) is 43.2 Å². The van der Waals surface area contributed by atoms with E-state index < -0.39 is 12.0 Å². The first kappa shape index (κ1) is 37.2. The number of carbonyl (C=O) groups is 3. The van der Waals surface area contributed by atoms with Crippen molar-refractivity contribution in [1.29, 1.82) is 0 Å². The van der Waals surface area contributed by atoms with E-state index in [0.717, 1.165) is 50.5 Å². The maximum atomic E-state index is 14.4. The van der Waals surface area contributed by atoms with E-state index in [-0.39, 0.29) is 48.3 Å². The molecule has 4 N–H and O–H groups in total. The summed E-state index contributed by atoms with van der Waals surface area (Å²) in [5.41, 5.74) is 2.07. The molecule has 11 heteroatoms. The third-order valence-electron chi connectivity index (χ3n) is 9.39. The molecule has 1 aliphatic heterocycles. The van der Waals surface area contributed by atoms with Gasteiger partial charge in [0.1, 0.15) is 5.75 Å². The van der Waals surface area contributed by atoms with Crippen LogP contribution < -0.4 is 15.4 Å². The average molecular weight is 667 g/mol. The van der Waals surface area contributed by atoms with Gasteiger partial charge in [0.15, 0.2) is 0 Å². The number of hydrogen-bond acceptors (Lipinski definition) is 7. The number of benzene rings is 2. The number of aromatic carboxylic acids is 1. The monoisotopic (exact) mass is 666 g/mol. The maximum absolute atomic E-state index is 14.4. The first-order valence-electron chi connectivity index (χ1n) is 17.5. The highest BCUT2D eigenvalue weighted by atomic mass is 16.5. The van der Waals surface area contributed by atoms with Crippen LogP contribution in [0.2, 0.25) is 0 Å². The van der Waals surface area contributed by atoms with Crippen LogP contribution in [0.1, 0.15) is 98.4 Å². The van der Waals surface area contributed by atoms with E-state index in [9.17, 15) is 24.6 Å². The molecule has 11 nitrogen and oxygen atoms in total. The minimum Gasteiger partial charge on any atom is -0.490 e. The number of amides is 3. The zero-order valence-electron chi connectivity index (χ0n) is 29.0. The van der Waals surface area contributed by atoms with E-state index in [1.165, 1.54) is 6.42 Å². The molecule has 48 heavy (non-hydrogen) atoms. The Kier molecular flexibility index (Phi) is 14.1. The molecule has 4 atom stereocenters. The number of ether oxygens (including phenoxy) is 2. The number of hydrogen-bond donors (Lipinski definition) is 4. The van der Waals surface area contributed by atoms with Crippen LogP contribution in [-0.2, 0) is 11.3 Å². The lowest BCUT2D eigenvalue weighted by Gasteiger charge is -2.36. The molecule has 264 valence electrons. The SMILES string of the molecule is C[C@@H]1CCCCO[C@H](CN(C)Cc2ccc(C(=O)O)cc2)[C@H](C)CN([C@@H](C)CO)C(=O)c2cc(NC(=O)NC3CCCCC3)ccc2O1. The Labute approximate surface area is 285 Å². The molecule has 1 saturated carbocycles. The second-order valence-electron chi connectivity index (χ2n) is 13.6. The lowest BCUT2D eigenvalue weighted by molar-refractivity contribution is -0.0177. The predicted octanol–water partition coefficient (Wildman–Crippen LogP) is 5.77. The molecular formula is C37H54N4O7. The molecule has 2 aromatic rings. The minimum atomic E-state index is -0.954. The number of nitrogens with one attached hydrogen (secondary N) is 2. The fourth-order valence-electron chi connectivity index (χ4n) is 6.50. The highest BCUT2D eigenvalue weighted by Crippen LogP contribution is 2.29. The number of aliphatic hydroxyl groups excluding tert-OH is 1. The molecule has 0 spiro atoms. The van der Waals surface area contributed by atoms with Crippen molar-refractivity contribution in [2.24, 2.45) is 5.92 Å². The number of nitrogens with zero attached hydrogens (tertiary/aromatic N) is 2. The van der Waals surface area contributed by atoms with Crippen molar-refractivity contribution in [3.05, 3.63) is 59.2 Å². The van der Waals surface area contributed by atoms with Gasteiger partial charge in [0.25, 0.3) is 5.91 Å². The van der Waals surface area contributed by atoms with Crippen LogP contribution in [0, 0.1) is 5.92 Å². The molecule has 1 aliphatic carbocycles. The molecule has 4 rings (SSSR count).